The summed E-state index contributed by atoms with van der Waals surface area (Å²) in [5.41, 5.74) is 3.08. The maximum atomic E-state index is 12.3. The van der Waals surface area contributed by atoms with Gasteiger partial charge in [-0.05, 0) is 43.7 Å². The molecule has 1 unspecified atom stereocenters. The molecule has 4 rings (SSSR count). The van der Waals surface area contributed by atoms with Gasteiger partial charge in [-0.3, -0.25) is 9.59 Å². The minimum atomic E-state index is -1.26. The Bertz CT molecular complexity index is 814. The van der Waals surface area contributed by atoms with Crippen LogP contribution < -0.4 is 10.6 Å². The van der Waals surface area contributed by atoms with E-state index in [1.165, 1.54) is 18.1 Å². The predicted molar refractivity (Wildman–Crippen MR) is 92.2 cm³/mol. The van der Waals surface area contributed by atoms with E-state index in [1.807, 2.05) is 6.07 Å². The van der Waals surface area contributed by atoms with Gasteiger partial charge in [0.15, 0.2) is 6.10 Å². The van der Waals surface area contributed by atoms with Crippen LogP contribution in [0, 0.1) is 0 Å². The number of nitrogens with zero attached hydrogens (tertiary/aromatic N) is 2. The summed E-state index contributed by atoms with van der Waals surface area (Å²) in [7, 11) is 0. The standard InChI is InChI=1S/C18H21N5O3/c24-16(15-8-19-9-20-15)18(26)22-12-6-11(7-12)21-17(25)14-5-4-10-2-1-3-13(10)23-14/h4-5,8-9,11-12,16,24H,1-3,6-7H2,(H,19,20)(H,21,25)(H,22,26). The molecular weight excluding hydrogens is 334 g/mol. The van der Waals surface area contributed by atoms with Crippen LogP contribution in [0.3, 0.4) is 0 Å². The first-order chi connectivity index (χ1) is 12.6. The van der Waals surface area contributed by atoms with Crippen molar-refractivity contribution in [3.63, 3.8) is 0 Å². The minimum absolute atomic E-state index is 0.00662. The van der Waals surface area contributed by atoms with Crippen LogP contribution in [0.5, 0.6) is 0 Å². The number of H-pyrrole nitrogens is 1. The zero-order chi connectivity index (χ0) is 18.1. The molecule has 0 saturated heterocycles. The third-order valence-electron chi connectivity index (χ3n) is 5.04. The van der Waals surface area contributed by atoms with Gasteiger partial charge in [-0.15, -0.1) is 0 Å². The van der Waals surface area contributed by atoms with E-state index in [0.29, 0.717) is 24.2 Å². The average Bonchev–Trinajstić information content (AvgIpc) is 3.29. The van der Waals surface area contributed by atoms with Gasteiger partial charge in [0, 0.05) is 17.8 Å². The first-order valence-electron chi connectivity index (χ1n) is 8.86. The van der Waals surface area contributed by atoms with Crippen molar-refractivity contribution in [3.05, 3.63) is 47.3 Å². The van der Waals surface area contributed by atoms with Crippen LogP contribution in [0.1, 0.15) is 52.8 Å². The number of aromatic nitrogens is 3. The third-order valence-corrected chi connectivity index (χ3v) is 5.04. The molecule has 0 spiro atoms. The Morgan fingerprint density at radius 3 is 2.77 bits per heavy atom. The van der Waals surface area contributed by atoms with Crippen molar-refractivity contribution in [2.45, 2.75) is 50.3 Å². The van der Waals surface area contributed by atoms with Gasteiger partial charge in [0.25, 0.3) is 11.8 Å². The highest BCUT2D eigenvalue weighted by atomic mass is 16.3. The zero-order valence-corrected chi connectivity index (χ0v) is 14.2. The Balaban J connectivity index is 1.25. The van der Waals surface area contributed by atoms with Crippen molar-refractivity contribution in [2.24, 2.45) is 0 Å². The van der Waals surface area contributed by atoms with Gasteiger partial charge in [0.2, 0.25) is 0 Å². The number of nitrogens with one attached hydrogen (secondary N) is 3. The molecule has 2 heterocycles. The summed E-state index contributed by atoms with van der Waals surface area (Å²) in [6.45, 7) is 0. The molecule has 2 aromatic rings. The number of fused-ring (bicyclic) bond motifs is 1. The molecule has 2 aliphatic carbocycles. The molecule has 4 N–H and O–H groups in total. The smallest absolute Gasteiger partial charge is 0.270 e. The van der Waals surface area contributed by atoms with Crippen molar-refractivity contribution in [1.82, 2.24) is 25.6 Å². The fraction of sp³-hybridized carbons (Fsp3) is 0.444. The summed E-state index contributed by atoms with van der Waals surface area (Å²) in [4.78, 5) is 35.3. The van der Waals surface area contributed by atoms with Crippen LogP contribution in [0.15, 0.2) is 24.7 Å². The first-order valence-corrected chi connectivity index (χ1v) is 8.86. The normalized spacial score (nSPS) is 22.2. The van der Waals surface area contributed by atoms with Gasteiger partial charge in [-0.2, -0.15) is 0 Å². The minimum Gasteiger partial charge on any atom is -0.377 e. The molecule has 0 aromatic carbocycles. The van der Waals surface area contributed by atoms with Crippen LogP contribution in [-0.2, 0) is 17.6 Å². The fourth-order valence-electron chi connectivity index (χ4n) is 3.50. The fourth-order valence-corrected chi connectivity index (χ4v) is 3.50. The van der Waals surface area contributed by atoms with Crippen molar-refractivity contribution in [3.8, 4) is 0 Å². The summed E-state index contributed by atoms with van der Waals surface area (Å²) in [5.74, 6) is -0.642. The number of hydrogen-bond acceptors (Lipinski definition) is 5. The topological polar surface area (TPSA) is 120 Å². The second-order valence-corrected chi connectivity index (χ2v) is 6.91. The molecule has 26 heavy (non-hydrogen) atoms. The SMILES string of the molecule is O=C(NC1CC(NC(=O)C(O)c2cnc[nH]2)C1)c1ccc2c(n1)CCC2. The van der Waals surface area contributed by atoms with Crippen LogP contribution >= 0.6 is 0 Å². The van der Waals surface area contributed by atoms with Gasteiger partial charge in [0.05, 0.1) is 18.2 Å². The Morgan fingerprint density at radius 2 is 2.00 bits per heavy atom. The summed E-state index contributed by atoms with van der Waals surface area (Å²) in [5, 5.41) is 15.7. The number of rotatable bonds is 5. The molecule has 2 aliphatic rings. The van der Waals surface area contributed by atoms with Crippen LogP contribution in [-0.4, -0.2) is 44.0 Å². The summed E-state index contributed by atoms with van der Waals surface area (Å²) in [6.07, 6.45) is 5.91. The van der Waals surface area contributed by atoms with Crippen molar-refractivity contribution >= 4 is 11.8 Å². The van der Waals surface area contributed by atoms with Crippen molar-refractivity contribution in [2.75, 3.05) is 0 Å². The Hall–Kier alpha value is -2.74. The second kappa shape index (κ2) is 6.87. The number of aromatic amines is 1. The Kier molecular flexibility index (Phi) is 4.42. The van der Waals surface area contributed by atoms with E-state index in [2.05, 4.69) is 25.6 Å². The number of aliphatic hydroxyl groups is 1. The van der Waals surface area contributed by atoms with Crippen molar-refractivity contribution in [1.29, 1.82) is 0 Å². The number of aliphatic hydroxyl groups excluding tert-OH is 1. The molecule has 1 atom stereocenters. The largest absolute Gasteiger partial charge is 0.377 e. The highest BCUT2D eigenvalue weighted by Crippen LogP contribution is 2.23. The van der Waals surface area contributed by atoms with E-state index < -0.39 is 12.0 Å². The monoisotopic (exact) mass is 355 g/mol. The Labute approximate surface area is 150 Å². The Morgan fingerprint density at radius 1 is 1.19 bits per heavy atom. The lowest BCUT2D eigenvalue weighted by Gasteiger charge is -2.36. The number of pyridine rings is 1. The second-order valence-electron chi connectivity index (χ2n) is 6.91. The van der Waals surface area contributed by atoms with Gasteiger partial charge in [-0.1, -0.05) is 6.07 Å². The third kappa shape index (κ3) is 3.32. The van der Waals surface area contributed by atoms with E-state index in [-0.39, 0.29) is 18.0 Å². The summed E-state index contributed by atoms with van der Waals surface area (Å²) < 4.78 is 0. The molecule has 136 valence electrons. The van der Waals surface area contributed by atoms with E-state index >= 15 is 0 Å². The lowest BCUT2D eigenvalue weighted by atomic mass is 9.86. The molecule has 2 aromatic heterocycles. The molecule has 0 aliphatic heterocycles. The highest BCUT2D eigenvalue weighted by Gasteiger charge is 2.33. The molecule has 0 bridgehead atoms. The average molecular weight is 355 g/mol. The number of carbonyl (C=O) groups is 2. The number of imidazole rings is 1. The maximum absolute atomic E-state index is 12.3. The molecule has 1 saturated carbocycles. The lowest BCUT2D eigenvalue weighted by Crippen LogP contribution is -2.54. The molecular formula is C18H21N5O3. The quantitative estimate of drug-likeness (QED) is 0.619. The van der Waals surface area contributed by atoms with Gasteiger partial charge >= 0.3 is 0 Å². The number of aryl methyl sites for hydroxylation is 2. The van der Waals surface area contributed by atoms with Crippen LogP contribution in [0.25, 0.3) is 0 Å². The van der Waals surface area contributed by atoms with Gasteiger partial charge in [0.1, 0.15) is 5.69 Å². The predicted octanol–water partition coefficient (Wildman–Crippen LogP) is 0.404. The van der Waals surface area contributed by atoms with Gasteiger partial charge < -0.3 is 20.7 Å². The highest BCUT2D eigenvalue weighted by molar-refractivity contribution is 5.92. The van der Waals surface area contributed by atoms with Crippen LogP contribution in [0.4, 0.5) is 0 Å². The summed E-state index contributed by atoms with van der Waals surface area (Å²) in [6, 6.07) is 3.72. The maximum Gasteiger partial charge on any atom is 0.270 e. The first kappa shape index (κ1) is 16.7. The molecule has 8 heteroatoms. The van der Waals surface area contributed by atoms with Gasteiger partial charge in [-0.25, -0.2) is 9.97 Å². The molecule has 0 radical (unpaired) electrons. The number of hydrogen-bond donors (Lipinski definition) is 4. The summed E-state index contributed by atoms with van der Waals surface area (Å²) >= 11 is 0. The molecule has 1 fully saturated rings. The van der Waals surface area contributed by atoms with Crippen LogP contribution in [0.2, 0.25) is 0 Å². The number of carbonyl (C=O) groups excluding carboxylic acids is 2. The lowest BCUT2D eigenvalue weighted by molar-refractivity contribution is -0.131. The van der Waals surface area contributed by atoms with E-state index in [9.17, 15) is 14.7 Å². The molecule has 8 nitrogen and oxygen atoms in total. The van der Waals surface area contributed by atoms with E-state index in [1.54, 1.807) is 6.07 Å². The van der Waals surface area contributed by atoms with E-state index in [4.69, 9.17) is 0 Å². The number of amides is 2. The molecule has 2 amide bonds. The zero-order valence-electron chi connectivity index (χ0n) is 14.2. The van der Waals surface area contributed by atoms with E-state index in [0.717, 1.165) is 25.0 Å². The van der Waals surface area contributed by atoms with Crippen molar-refractivity contribution < 1.29 is 14.7 Å².